The van der Waals surface area contributed by atoms with Gasteiger partial charge in [0.1, 0.15) is 18.1 Å². The third-order valence-corrected chi connectivity index (χ3v) is 12.9. The van der Waals surface area contributed by atoms with Gasteiger partial charge in [-0.3, -0.25) is 9.36 Å². The Balaban J connectivity index is 1.46. The van der Waals surface area contributed by atoms with Crippen LogP contribution < -0.4 is 21.4 Å². The molecule has 1 amide bonds. The number of benzene rings is 3. The summed E-state index contributed by atoms with van der Waals surface area (Å²) in [6.07, 6.45) is 0.187. The maximum Gasteiger partial charge on any atom is 0.351 e. The highest BCUT2D eigenvalue weighted by atomic mass is 28.4. The van der Waals surface area contributed by atoms with E-state index in [-0.39, 0.29) is 23.4 Å². The zero-order valence-electron chi connectivity index (χ0n) is 24.4. The van der Waals surface area contributed by atoms with Gasteiger partial charge in [-0.25, -0.2) is 4.79 Å². The lowest BCUT2D eigenvalue weighted by Crippen LogP contribution is -2.68. The van der Waals surface area contributed by atoms with Gasteiger partial charge in [0.2, 0.25) is 0 Å². The number of rotatable bonds is 8. The number of carbonyl (C=O) groups excluding carboxylic acids is 1. The molecule has 1 saturated heterocycles. The third-order valence-electron chi connectivity index (χ3n) is 7.82. The average molecular weight is 584 g/mol. The van der Waals surface area contributed by atoms with Crippen LogP contribution in [-0.2, 0) is 9.16 Å². The van der Waals surface area contributed by atoms with Crippen LogP contribution in [0.15, 0.2) is 102 Å². The van der Waals surface area contributed by atoms with E-state index in [0.717, 1.165) is 10.4 Å². The average Bonchev–Trinajstić information content (AvgIpc) is 3.40. The van der Waals surface area contributed by atoms with E-state index < -0.39 is 32.4 Å². The standard InChI is InChI=1S/C33H37N3O5Si/c1-23-21-36(32(39)35-30(23)34-31(38)24-14-8-5-9-15-24)29-20-27(28(22-37)40-29)41-42(33(2,3)4,25-16-10-6-11-17-25)26-18-12-7-13-19-26/h5-19,21,27-29,37H,20,22H2,1-4H3,(H,34,35,38,39)/t27-,28-,29-/m1/s1. The van der Waals surface area contributed by atoms with Crippen molar-refractivity contribution in [3.05, 3.63) is 119 Å². The normalized spacial score (nSPS) is 19.0. The lowest BCUT2D eigenvalue weighted by Gasteiger charge is -2.45. The number of aliphatic hydroxyl groups is 1. The summed E-state index contributed by atoms with van der Waals surface area (Å²) in [5.74, 6) is -0.151. The third kappa shape index (κ3) is 5.73. The fourth-order valence-electron chi connectivity index (χ4n) is 5.75. The Morgan fingerprint density at radius 3 is 2.07 bits per heavy atom. The van der Waals surface area contributed by atoms with E-state index in [9.17, 15) is 14.7 Å². The first kappa shape index (κ1) is 29.6. The first-order chi connectivity index (χ1) is 20.1. The van der Waals surface area contributed by atoms with Crippen molar-refractivity contribution in [3.8, 4) is 0 Å². The summed E-state index contributed by atoms with van der Waals surface area (Å²) in [5, 5.41) is 15.1. The number of anilines is 1. The summed E-state index contributed by atoms with van der Waals surface area (Å²) >= 11 is 0. The highest BCUT2D eigenvalue weighted by Crippen LogP contribution is 2.41. The molecule has 0 radical (unpaired) electrons. The summed E-state index contributed by atoms with van der Waals surface area (Å²) in [7, 11) is -2.93. The summed E-state index contributed by atoms with van der Waals surface area (Å²) in [5.41, 5.74) is 0.521. The SMILES string of the molecule is Cc1cn([C@H]2C[C@@H](O[Si](c3ccccc3)(c3ccccc3)C(C)(C)C)[C@@H](CO)O2)c(=O)nc1NC(=O)c1ccccc1. The molecule has 42 heavy (non-hydrogen) atoms. The van der Waals surface area contributed by atoms with Crippen molar-refractivity contribution in [2.45, 2.75) is 57.6 Å². The number of aliphatic hydroxyl groups excluding tert-OH is 1. The van der Waals surface area contributed by atoms with Crippen LogP contribution in [0.3, 0.4) is 0 Å². The molecular weight excluding hydrogens is 546 g/mol. The largest absolute Gasteiger partial charge is 0.402 e. The van der Waals surface area contributed by atoms with Crippen LogP contribution in [0.2, 0.25) is 5.04 Å². The molecule has 1 fully saturated rings. The minimum absolute atomic E-state index is 0.196. The maximum absolute atomic E-state index is 13.2. The zero-order valence-corrected chi connectivity index (χ0v) is 25.4. The molecule has 9 heteroatoms. The molecule has 1 aliphatic rings. The van der Waals surface area contributed by atoms with Crippen molar-refractivity contribution in [2.75, 3.05) is 11.9 Å². The van der Waals surface area contributed by atoms with Gasteiger partial charge in [0.05, 0.1) is 12.7 Å². The van der Waals surface area contributed by atoms with Crippen LogP contribution >= 0.6 is 0 Å². The van der Waals surface area contributed by atoms with Gasteiger partial charge in [-0.1, -0.05) is 99.6 Å². The zero-order chi connectivity index (χ0) is 29.9. The number of ether oxygens (including phenoxy) is 1. The Morgan fingerprint density at radius 2 is 1.55 bits per heavy atom. The molecule has 2 heterocycles. The minimum Gasteiger partial charge on any atom is -0.402 e. The molecule has 0 bridgehead atoms. The van der Waals surface area contributed by atoms with E-state index in [4.69, 9.17) is 9.16 Å². The molecule has 3 aromatic carbocycles. The number of aryl methyl sites for hydroxylation is 1. The van der Waals surface area contributed by atoms with Gasteiger partial charge in [-0.2, -0.15) is 4.98 Å². The van der Waals surface area contributed by atoms with Gasteiger partial charge in [0, 0.05) is 23.7 Å². The Morgan fingerprint density at radius 1 is 1.00 bits per heavy atom. The second-order valence-electron chi connectivity index (χ2n) is 11.6. The van der Waals surface area contributed by atoms with E-state index in [1.54, 1.807) is 37.4 Å². The lowest BCUT2D eigenvalue weighted by molar-refractivity contribution is -0.0433. The molecule has 0 unspecified atom stereocenters. The molecule has 5 rings (SSSR count). The summed E-state index contributed by atoms with van der Waals surface area (Å²) in [6, 6.07) is 29.3. The smallest absolute Gasteiger partial charge is 0.351 e. The second-order valence-corrected chi connectivity index (χ2v) is 15.9. The first-order valence-electron chi connectivity index (χ1n) is 14.2. The Hall–Kier alpha value is -3.89. The highest BCUT2D eigenvalue weighted by molar-refractivity contribution is 6.99. The highest BCUT2D eigenvalue weighted by Gasteiger charge is 2.53. The quantitative estimate of drug-likeness (QED) is 0.304. The van der Waals surface area contributed by atoms with Crippen molar-refractivity contribution < 1.29 is 19.1 Å². The molecule has 2 N–H and O–H groups in total. The number of carbonyl (C=O) groups is 1. The second kappa shape index (κ2) is 12.1. The van der Waals surface area contributed by atoms with Crippen LogP contribution in [0.1, 0.15) is 49.3 Å². The number of hydrogen-bond donors (Lipinski definition) is 2. The fourth-order valence-corrected chi connectivity index (χ4v) is 10.5. The molecule has 0 saturated carbocycles. The summed E-state index contributed by atoms with van der Waals surface area (Å²) in [4.78, 5) is 30.0. The van der Waals surface area contributed by atoms with E-state index in [2.05, 4.69) is 55.3 Å². The van der Waals surface area contributed by atoms with E-state index >= 15 is 0 Å². The maximum atomic E-state index is 13.2. The van der Waals surface area contributed by atoms with E-state index in [1.165, 1.54) is 4.57 Å². The summed E-state index contributed by atoms with van der Waals surface area (Å²) < 4.78 is 14.9. The molecule has 4 aromatic rings. The van der Waals surface area contributed by atoms with Gasteiger partial charge in [-0.15, -0.1) is 0 Å². The summed E-state index contributed by atoms with van der Waals surface area (Å²) in [6.45, 7) is 8.10. The van der Waals surface area contributed by atoms with Crippen molar-refractivity contribution >= 4 is 30.4 Å². The molecule has 0 spiro atoms. The van der Waals surface area contributed by atoms with Crippen LogP contribution in [0.4, 0.5) is 5.82 Å². The molecule has 3 atom stereocenters. The number of nitrogens with zero attached hydrogens (tertiary/aromatic N) is 2. The monoisotopic (exact) mass is 583 g/mol. The predicted octanol–water partition coefficient (Wildman–Crippen LogP) is 4.03. The Bertz CT molecular complexity index is 1530. The molecule has 8 nitrogen and oxygen atoms in total. The molecular formula is C33H37N3O5Si. The van der Waals surface area contributed by atoms with E-state index in [0.29, 0.717) is 17.5 Å². The topological polar surface area (TPSA) is 103 Å². The molecule has 1 aromatic heterocycles. The van der Waals surface area contributed by atoms with Crippen LogP contribution in [0.25, 0.3) is 0 Å². The van der Waals surface area contributed by atoms with Crippen LogP contribution in [0, 0.1) is 6.92 Å². The van der Waals surface area contributed by atoms with Crippen molar-refractivity contribution in [1.82, 2.24) is 9.55 Å². The van der Waals surface area contributed by atoms with Crippen molar-refractivity contribution in [2.24, 2.45) is 0 Å². The van der Waals surface area contributed by atoms with Crippen LogP contribution in [-0.4, -0.2) is 47.7 Å². The predicted molar refractivity (Wildman–Crippen MR) is 166 cm³/mol. The van der Waals surface area contributed by atoms with Gasteiger partial charge >= 0.3 is 5.69 Å². The Labute approximate surface area is 247 Å². The number of amides is 1. The van der Waals surface area contributed by atoms with Gasteiger partial charge < -0.3 is 19.6 Å². The van der Waals surface area contributed by atoms with Gasteiger partial charge in [0.25, 0.3) is 14.2 Å². The lowest BCUT2D eigenvalue weighted by atomic mass is 10.2. The molecule has 218 valence electrons. The van der Waals surface area contributed by atoms with Gasteiger partial charge in [0.15, 0.2) is 0 Å². The van der Waals surface area contributed by atoms with Crippen LogP contribution in [0.5, 0.6) is 0 Å². The Kier molecular flexibility index (Phi) is 8.56. The number of aromatic nitrogens is 2. The number of hydrogen-bond acceptors (Lipinski definition) is 6. The molecule has 0 aliphatic carbocycles. The van der Waals surface area contributed by atoms with Gasteiger partial charge in [-0.05, 0) is 34.5 Å². The molecule has 1 aliphatic heterocycles. The van der Waals surface area contributed by atoms with Crippen molar-refractivity contribution in [1.29, 1.82) is 0 Å². The first-order valence-corrected chi connectivity index (χ1v) is 16.1. The number of nitrogens with one attached hydrogen (secondary N) is 1. The van der Waals surface area contributed by atoms with Crippen molar-refractivity contribution in [3.63, 3.8) is 0 Å². The van der Waals surface area contributed by atoms with E-state index in [1.807, 2.05) is 42.5 Å². The minimum atomic E-state index is -2.93. The fraction of sp³-hybridized carbons (Fsp3) is 0.303.